The summed E-state index contributed by atoms with van der Waals surface area (Å²) in [5.41, 5.74) is 0.743. The fourth-order valence-electron chi connectivity index (χ4n) is 2.96. The number of ketones is 1. The lowest BCUT2D eigenvalue weighted by Crippen LogP contribution is -2.42. The number of halogens is 1. The molecular formula is C15H17ClO2S. The van der Waals surface area contributed by atoms with Gasteiger partial charge in [0, 0.05) is 28.9 Å². The first-order chi connectivity index (χ1) is 9.19. The monoisotopic (exact) mass is 296 g/mol. The lowest BCUT2D eigenvalue weighted by molar-refractivity contribution is -0.0734. The zero-order valence-electron chi connectivity index (χ0n) is 10.7. The van der Waals surface area contributed by atoms with Crippen LogP contribution in [-0.4, -0.2) is 29.5 Å². The van der Waals surface area contributed by atoms with E-state index in [1.807, 2.05) is 23.9 Å². The van der Waals surface area contributed by atoms with Crippen molar-refractivity contribution in [3.63, 3.8) is 0 Å². The Labute approximate surface area is 122 Å². The van der Waals surface area contributed by atoms with Gasteiger partial charge in [-0.25, -0.2) is 0 Å². The second kappa shape index (κ2) is 5.47. The molecule has 0 bridgehead atoms. The van der Waals surface area contributed by atoms with Crippen molar-refractivity contribution in [1.29, 1.82) is 0 Å². The van der Waals surface area contributed by atoms with Crippen LogP contribution in [0, 0.1) is 5.92 Å². The summed E-state index contributed by atoms with van der Waals surface area (Å²) < 4.78 is 5.97. The van der Waals surface area contributed by atoms with Crippen LogP contribution in [0.1, 0.15) is 29.6 Å². The predicted octanol–water partition coefficient (Wildman–Crippen LogP) is 3.83. The van der Waals surface area contributed by atoms with Crippen LogP contribution in [0.15, 0.2) is 24.3 Å². The number of rotatable bonds is 2. The number of benzene rings is 1. The molecule has 2 aliphatic heterocycles. The van der Waals surface area contributed by atoms with Crippen molar-refractivity contribution < 1.29 is 9.53 Å². The Kier molecular flexibility index (Phi) is 3.88. The Morgan fingerprint density at radius 2 is 2.16 bits per heavy atom. The van der Waals surface area contributed by atoms with E-state index in [9.17, 15) is 4.79 Å². The zero-order chi connectivity index (χ0) is 13.3. The highest BCUT2D eigenvalue weighted by molar-refractivity contribution is 7.99. The van der Waals surface area contributed by atoms with Gasteiger partial charge in [-0.05, 0) is 49.3 Å². The minimum atomic E-state index is -0.0321. The summed E-state index contributed by atoms with van der Waals surface area (Å²) in [7, 11) is 0. The van der Waals surface area contributed by atoms with Gasteiger partial charge in [-0.1, -0.05) is 11.6 Å². The third-order valence-corrected chi connectivity index (χ3v) is 5.53. The average molecular weight is 297 g/mol. The number of ether oxygens (including phenoxy) is 1. The number of carbonyl (C=O) groups excluding carboxylic acids is 1. The Morgan fingerprint density at radius 3 is 2.84 bits per heavy atom. The summed E-state index contributed by atoms with van der Waals surface area (Å²) in [6, 6.07) is 7.23. The van der Waals surface area contributed by atoms with Crippen molar-refractivity contribution >= 4 is 29.1 Å². The molecule has 2 saturated heterocycles. The summed E-state index contributed by atoms with van der Waals surface area (Å²) >= 11 is 7.80. The molecule has 2 atom stereocenters. The molecule has 2 nitrogen and oxygen atoms in total. The van der Waals surface area contributed by atoms with Crippen LogP contribution in [0.3, 0.4) is 0 Å². The van der Waals surface area contributed by atoms with E-state index in [-0.39, 0.29) is 17.3 Å². The first-order valence-corrected chi connectivity index (χ1v) is 8.23. The van der Waals surface area contributed by atoms with Crippen molar-refractivity contribution in [1.82, 2.24) is 0 Å². The van der Waals surface area contributed by atoms with Crippen LogP contribution in [0.2, 0.25) is 5.02 Å². The molecule has 2 fully saturated rings. The molecule has 0 aliphatic carbocycles. The van der Waals surface area contributed by atoms with Crippen LogP contribution in [0.4, 0.5) is 0 Å². The highest BCUT2D eigenvalue weighted by Gasteiger charge is 2.42. The van der Waals surface area contributed by atoms with Crippen LogP contribution in [0.25, 0.3) is 0 Å². The molecule has 2 aliphatic rings. The molecule has 3 rings (SSSR count). The number of hydrogen-bond acceptors (Lipinski definition) is 3. The molecule has 1 spiro atoms. The SMILES string of the molecule is O=C(c1ccc(Cl)cc1)C1CCOC2(CCSC2)C1. The largest absolute Gasteiger partial charge is 0.374 e. The summed E-state index contributed by atoms with van der Waals surface area (Å²) in [6.45, 7) is 0.713. The van der Waals surface area contributed by atoms with Crippen LogP contribution in [0.5, 0.6) is 0 Å². The van der Waals surface area contributed by atoms with Crippen molar-refractivity contribution in [3.8, 4) is 0 Å². The third kappa shape index (κ3) is 2.83. The van der Waals surface area contributed by atoms with Gasteiger partial charge < -0.3 is 4.74 Å². The topological polar surface area (TPSA) is 26.3 Å². The molecule has 102 valence electrons. The number of thioether (sulfide) groups is 1. The van der Waals surface area contributed by atoms with Crippen LogP contribution in [-0.2, 0) is 4.74 Å². The standard InChI is InChI=1S/C15H17ClO2S/c16-13-3-1-11(2-4-13)14(17)12-5-7-18-15(9-12)6-8-19-10-15/h1-4,12H,5-10H2. The molecule has 0 saturated carbocycles. The van der Waals surface area contributed by atoms with Crippen molar-refractivity contribution in [3.05, 3.63) is 34.9 Å². The van der Waals surface area contributed by atoms with Crippen molar-refractivity contribution in [2.75, 3.05) is 18.1 Å². The summed E-state index contributed by atoms with van der Waals surface area (Å²) in [5, 5.41) is 0.673. The van der Waals surface area contributed by atoms with E-state index in [0.717, 1.165) is 36.3 Å². The fourth-order valence-corrected chi connectivity index (χ4v) is 4.47. The van der Waals surface area contributed by atoms with Gasteiger partial charge >= 0.3 is 0 Å². The first-order valence-electron chi connectivity index (χ1n) is 6.70. The second-order valence-electron chi connectivity index (χ2n) is 5.39. The Hall–Kier alpha value is -0.510. The minimum Gasteiger partial charge on any atom is -0.374 e. The van der Waals surface area contributed by atoms with Gasteiger partial charge in [0.1, 0.15) is 0 Å². The van der Waals surface area contributed by atoms with Gasteiger partial charge in [-0.3, -0.25) is 4.79 Å². The Morgan fingerprint density at radius 1 is 1.37 bits per heavy atom. The highest BCUT2D eigenvalue weighted by Crippen LogP contribution is 2.41. The molecule has 2 heterocycles. The molecule has 0 aromatic heterocycles. The molecule has 0 radical (unpaired) electrons. The van der Waals surface area contributed by atoms with Gasteiger partial charge in [-0.2, -0.15) is 11.8 Å². The lowest BCUT2D eigenvalue weighted by atomic mass is 9.81. The van der Waals surface area contributed by atoms with Gasteiger partial charge in [0.05, 0.1) is 5.60 Å². The van der Waals surface area contributed by atoms with Gasteiger partial charge in [-0.15, -0.1) is 0 Å². The summed E-state index contributed by atoms with van der Waals surface area (Å²) in [4.78, 5) is 12.5. The summed E-state index contributed by atoms with van der Waals surface area (Å²) in [6.07, 6.45) is 2.80. The van der Waals surface area contributed by atoms with E-state index in [0.29, 0.717) is 11.6 Å². The minimum absolute atomic E-state index is 0.0321. The molecule has 19 heavy (non-hydrogen) atoms. The second-order valence-corrected chi connectivity index (χ2v) is 6.94. The Bertz CT molecular complexity index is 466. The van der Waals surface area contributed by atoms with Crippen molar-refractivity contribution in [2.45, 2.75) is 24.9 Å². The maximum atomic E-state index is 12.5. The van der Waals surface area contributed by atoms with Crippen LogP contribution >= 0.6 is 23.4 Å². The van der Waals surface area contributed by atoms with E-state index in [1.54, 1.807) is 12.1 Å². The number of Topliss-reactive ketones (excluding diaryl/α,β-unsaturated/α-hetero) is 1. The molecule has 4 heteroatoms. The molecular weight excluding hydrogens is 280 g/mol. The number of hydrogen-bond donors (Lipinski definition) is 0. The van der Waals surface area contributed by atoms with Gasteiger partial charge in [0.15, 0.2) is 5.78 Å². The first kappa shape index (κ1) is 13.5. The van der Waals surface area contributed by atoms with Crippen molar-refractivity contribution in [2.24, 2.45) is 5.92 Å². The Balaban J connectivity index is 1.74. The maximum absolute atomic E-state index is 12.5. The summed E-state index contributed by atoms with van der Waals surface area (Å²) in [5.74, 6) is 2.55. The third-order valence-electron chi connectivity index (χ3n) is 4.06. The average Bonchev–Trinajstić information content (AvgIpc) is 2.87. The van der Waals surface area contributed by atoms with E-state index in [2.05, 4.69) is 0 Å². The molecule has 1 aromatic rings. The van der Waals surface area contributed by atoms with E-state index in [4.69, 9.17) is 16.3 Å². The molecule has 2 unspecified atom stereocenters. The van der Waals surface area contributed by atoms with Gasteiger partial charge in [0.25, 0.3) is 0 Å². The van der Waals surface area contributed by atoms with Gasteiger partial charge in [0.2, 0.25) is 0 Å². The molecule has 0 amide bonds. The maximum Gasteiger partial charge on any atom is 0.166 e. The lowest BCUT2D eigenvalue weighted by Gasteiger charge is -2.37. The molecule has 1 aromatic carbocycles. The highest BCUT2D eigenvalue weighted by atomic mass is 35.5. The predicted molar refractivity (Wildman–Crippen MR) is 79.1 cm³/mol. The fraction of sp³-hybridized carbons (Fsp3) is 0.533. The van der Waals surface area contributed by atoms with E-state index >= 15 is 0 Å². The van der Waals surface area contributed by atoms with E-state index < -0.39 is 0 Å². The van der Waals surface area contributed by atoms with E-state index in [1.165, 1.54) is 0 Å². The molecule has 0 N–H and O–H groups in total. The zero-order valence-corrected chi connectivity index (χ0v) is 12.3. The van der Waals surface area contributed by atoms with Crippen LogP contribution < -0.4 is 0 Å². The normalized spacial score (nSPS) is 30.7. The smallest absolute Gasteiger partial charge is 0.166 e. The number of carbonyl (C=O) groups is 1. The quantitative estimate of drug-likeness (QED) is 0.776.